The Balaban J connectivity index is 2.05. The van der Waals surface area contributed by atoms with Gasteiger partial charge in [0.25, 0.3) is 0 Å². The quantitative estimate of drug-likeness (QED) is 0.606. The molecular weight excluding hydrogens is 318 g/mol. The summed E-state index contributed by atoms with van der Waals surface area (Å²) in [6.45, 7) is 8.30. The average Bonchev–Trinajstić information content (AvgIpc) is 2.66. The Kier molecular flexibility index (Phi) is 7.85. The molecule has 1 N–H and O–H groups in total. The van der Waals surface area contributed by atoms with Crippen molar-refractivity contribution in [1.82, 2.24) is 10.2 Å². The van der Waals surface area contributed by atoms with E-state index in [0.29, 0.717) is 12.6 Å². The molecule has 1 aliphatic heterocycles. The molecule has 2 rings (SSSR count). The summed E-state index contributed by atoms with van der Waals surface area (Å²) in [4.78, 5) is 7.13. The maximum absolute atomic E-state index is 5.74. The molecule has 1 heterocycles. The van der Waals surface area contributed by atoms with Crippen molar-refractivity contribution in [2.45, 2.75) is 39.3 Å². The van der Waals surface area contributed by atoms with Crippen LogP contribution in [-0.4, -0.2) is 57.4 Å². The van der Waals surface area contributed by atoms with E-state index in [4.69, 9.17) is 19.2 Å². The van der Waals surface area contributed by atoms with Gasteiger partial charge in [-0.2, -0.15) is 0 Å². The lowest BCUT2D eigenvalue weighted by Crippen LogP contribution is -2.47. The van der Waals surface area contributed by atoms with Gasteiger partial charge in [-0.05, 0) is 38.8 Å². The number of hydrogen-bond donors (Lipinski definition) is 1. The highest BCUT2D eigenvalue weighted by atomic mass is 16.5. The lowest BCUT2D eigenvalue weighted by molar-refractivity contribution is 0.0263. The van der Waals surface area contributed by atoms with Gasteiger partial charge in [-0.3, -0.25) is 0 Å². The van der Waals surface area contributed by atoms with E-state index in [2.05, 4.69) is 24.1 Å². The molecule has 6 nitrogen and oxygen atoms in total. The highest BCUT2D eigenvalue weighted by molar-refractivity contribution is 5.80. The van der Waals surface area contributed by atoms with Crippen LogP contribution in [0.5, 0.6) is 11.5 Å². The lowest BCUT2D eigenvalue weighted by atomic mass is 10.1. The van der Waals surface area contributed by atoms with E-state index in [1.165, 1.54) is 0 Å². The van der Waals surface area contributed by atoms with Crippen molar-refractivity contribution in [3.8, 4) is 11.5 Å². The molecule has 0 bridgehead atoms. The predicted molar refractivity (Wildman–Crippen MR) is 101 cm³/mol. The Morgan fingerprint density at radius 1 is 1.20 bits per heavy atom. The van der Waals surface area contributed by atoms with Gasteiger partial charge in [0.15, 0.2) is 5.96 Å². The molecule has 6 heteroatoms. The number of benzene rings is 1. The number of piperidine rings is 1. The normalized spacial score (nSPS) is 16.0. The van der Waals surface area contributed by atoms with Gasteiger partial charge in [-0.1, -0.05) is 0 Å². The van der Waals surface area contributed by atoms with E-state index in [1.54, 1.807) is 14.2 Å². The van der Waals surface area contributed by atoms with Crippen molar-refractivity contribution in [3.05, 3.63) is 23.8 Å². The van der Waals surface area contributed by atoms with Crippen LogP contribution in [0, 0.1) is 0 Å². The Morgan fingerprint density at radius 3 is 2.56 bits per heavy atom. The predicted octanol–water partition coefficient (Wildman–Crippen LogP) is 2.67. The third kappa shape index (κ3) is 5.53. The third-order valence-electron chi connectivity index (χ3n) is 4.37. The van der Waals surface area contributed by atoms with Crippen molar-refractivity contribution in [2.24, 2.45) is 4.99 Å². The highest BCUT2D eigenvalue weighted by Gasteiger charge is 2.21. The summed E-state index contributed by atoms with van der Waals surface area (Å²) in [5.74, 6) is 2.54. The molecule has 0 aromatic heterocycles. The van der Waals surface area contributed by atoms with E-state index in [0.717, 1.165) is 62.1 Å². The summed E-state index contributed by atoms with van der Waals surface area (Å²) >= 11 is 0. The third-order valence-corrected chi connectivity index (χ3v) is 4.37. The molecule has 0 saturated carbocycles. The topological polar surface area (TPSA) is 55.3 Å². The molecule has 0 unspecified atom stereocenters. The molecule has 1 fully saturated rings. The monoisotopic (exact) mass is 349 g/mol. The Hall–Kier alpha value is -1.95. The molecule has 0 atom stereocenters. The van der Waals surface area contributed by atoms with E-state index in [9.17, 15) is 0 Å². The fraction of sp³-hybridized carbons (Fsp3) is 0.632. The van der Waals surface area contributed by atoms with E-state index in [-0.39, 0.29) is 0 Å². The van der Waals surface area contributed by atoms with Crippen LogP contribution in [0.4, 0.5) is 0 Å². The maximum atomic E-state index is 5.74. The summed E-state index contributed by atoms with van der Waals surface area (Å²) < 4.78 is 16.5. The molecule has 0 spiro atoms. The van der Waals surface area contributed by atoms with E-state index < -0.39 is 0 Å². The van der Waals surface area contributed by atoms with Crippen molar-refractivity contribution < 1.29 is 14.2 Å². The zero-order valence-electron chi connectivity index (χ0n) is 15.9. The van der Waals surface area contributed by atoms with Gasteiger partial charge in [-0.15, -0.1) is 0 Å². The highest BCUT2D eigenvalue weighted by Crippen LogP contribution is 2.25. The first-order chi connectivity index (χ1) is 12.2. The van der Waals surface area contributed by atoms with Crippen molar-refractivity contribution in [3.63, 3.8) is 0 Å². The number of nitrogens with zero attached hydrogens (tertiary/aromatic N) is 2. The summed E-state index contributed by atoms with van der Waals surface area (Å²) in [6, 6.07) is 5.84. The van der Waals surface area contributed by atoms with Gasteiger partial charge in [-0.25, -0.2) is 4.99 Å². The van der Waals surface area contributed by atoms with Gasteiger partial charge >= 0.3 is 0 Å². The number of aliphatic imine (C=N–C) groups is 1. The zero-order valence-corrected chi connectivity index (χ0v) is 15.9. The first-order valence-electron chi connectivity index (χ1n) is 9.07. The second-order valence-corrected chi connectivity index (χ2v) is 5.99. The van der Waals surface area contributed by atoms with Crippen molar-refractivity contribution >= 4 is 5.96 Å². The second kappa shape index (κ2) is 10.1. The Morgan fingerprint density at radius 2 is 1.96 bits per heavy atom. The van der Waals surface area contributed by atoms with Crippen LogP contribution < -0.4 is 14.8 Å². The number of guanidine groups is 1. The molecule has 0 aliphatic carbocycles. The number of nitrogens with one attached hydrogen (secondary N) is 1. The summed E-state index contributed by atoms with van der Waals surface area (Å²) in [5, 5.41) is 3.40. The van der Waals surface area contributed by atoms with Crippen LogP contribution in [0.15, 0.2) is 23.2 Å². The molecule has 25 heavy (non-hydrogen) atoms. The number of hydrogen-bond acceptors (Lipinski definition) is 4. The molecular formula is C19H31N3O3. The average molecular weight is 349 g/mol. The number of likely N-dealkylation sites (tertiary alicyclic amines) is 1. The van der Waals surface area contributed by atoms with Crippen LogP contribution in [0.25, 0.3) is 0 Å². The Labute approximate surface area is 151 Å². The van der Waals surface area contributed by atoms with Crippen LogP contribution in [0.1, 0.15) is 32.3 Å². The molecule has 1 aromatic rings. The van der Waals surface area contributed by atoms with Crippen LogP contribution in [0.2, 0.25) is 0 Å². The minimum absolute atomic E-state index is 0.380. The van der Waals surface area contributed by atoms with Crippen LogP contribution in [0.3, 0.4) is 0 Å². The fourth-order valence-electron chi connectivity index (χ4n) is 3.04. The van der Waals surface area contributed by atoms with E-state index >= 15 is 0 Å². The molecule has 0 radical (unpaired) electrons. The number of rotatable bonds is 7. The molecule has 1 saturated heterocycles. The minimum atomic E-state index is 0.380. The molecule has 0 amide bonds. The standard InChI is InChI=1S/C19H31N3O3/c1-5-20-19(22-11-9-16(10-12-22)25-6-2)21-14-15-7-8-17(23-3)13-18(15)24-4/h7-8,13,16H,5-6,9-12,14H2,1-4H3,(H,20,21). The minimum Gasteiger partial charge on any atom is -0.497 e. The number of methoxy groups -OCH3 is 2. The summed E-state index contributed by atoms with van der Waals surface area (Å²) in [5.41, 5.74) is 1.04. The van der Waals surface area contributed by atoms with Gasteiger partial charge in [0, 0.05) is 37.9 Å². The van der Waals surface area contributed by atoms with Crippen LogP contribution in [-0.2, 0) is 11.3 Å². The fourth-order valence-corrected chi connectivity index (χ4v) is 3.04. The molecule has 140 valence electrons. The molecule has 1 aliphatic rings. The first-order valence-corrected chi connectivity index (χ1v) is 9.07. The largest absolute Gasteiger partial charge is 0.497 e. The van der Waals surface area contributed by atoms with E-state index in [1.807, 2.05) is 18.2 Å². The van der Waals surface area contributed by atoms with Gasteiger partial charge in [0.2, 0.25) is 0 Å². The summed E-state index contributed by atoms with van der Waals surface area (Å²) in [7, 11) is 3.33. The second-order valence-electron chi connectivity index (χ2n) is 5.99. The zero-order chi connectivity index (χ0) is 18.1. The van der Waals surface area contributed by atoms with Crippen molar-refractivity contribution in [1.29, 1.82) is 0 Å². The van der Waals surface area contributed by atoms with Gasteiger partial charge in [0.05, 0.1) is 26.9 Å². The lowest BCUT2D eigenvalue weighted by Gasteiger charge is -2.34. The van der Waals surface area contributed by atoms with Gasteiger partial charge < -0.3 is 24.4 Å². The SMILES string of the molecule is CCNC(=NCc1ccc(OC)cc1OC)N1CCC(OCC)CC1. The number of ether oxygens (including phenoxy) is 3. The Bertz CT molecular complexity index is 555. The smallest absolute Gasteiger partial charge is 0.194 e. The van der Waals surface area contributed by atoms with Crippen molar-refractivity contribution in [2.75, 3.05) is 40.5 Å². The molecule has 1 aromatic carbocycles. The van der Waals surface area contributed by atoms with Gasteiger partial charge in [0.1, 0.15) is 11.5 Å². The maximum Gasteiger partial charge on any atom is 0.194 e. The van der Waals surface area contributed by atoms with Crippen LogP contribution >= 0.6 is 0 Å². The summed E-state index contributed by atoms with van der Waals surface area (Å²) in [6.07, 6.45) is 2.47. The first kappa shape index (κ1) is 19.4.